The second-order valence-corrected chi connectivity index (χ2v) is 6.39. The number of amides is 1. The fraction of sp³-hybridized carbons (Fsp3) is 0.444. The van der Waals surface area contributed by atoms with Crippen LogP contribution in [0.15, 0.2) is 18.2 Å². The van der Waals surface area contributed by atoms with Gasteiger partial charge in [-0.3, -0.25) is 4.79 Å². The predicted molar refractivity (Wildman–Crippen MR) is 89.1 cm³/mol. The molecular formula is C18H23N3O2. The highest BCUT2D eigenvalue weighted by Crippen LogP contribution is 2.29. The normalized spacial score (nSPS) is 14.6. The molecule has 0 bridgehead atoms. The average molecular weight is 313 g/mol. The number of aliphatic hydroxyl groups is 1. The van der Waals surface area contributed by atoms with Crippen LogP contribution in [0.5, 0.6) is 0 Å². The Hall–Kier alpha value is -2.14. The molecule has 0 fully saturated rings. The Labute approximate surface area is 136 Å². The lowest BCUT2D eigenvalue weighted by Crippen LogP contribution is -2.35. The van der Waals surface area contributed by atoms with E-state index in [1.807, 2.05) is 4.68 Å². The average Bonchev–Trinajstić information content (AvgIpc) is 3.09. The van der Waals surface area contributed by atoms with Crippen molar-refractivity contribution < 1.29 is 9.90 Å². The molecule has 1 aromatic heterocycles. The maximum absolute atomic E-state index is 12.5. The van der Waals surface area contributed by atoms with Crippen LogP contribution in [0.4, 0.5) is 0 Å². The van der Waals surface area contributed by atoms with E-state index in [0.717, 1.165) is 41.8 Å². The number of benzene rings is 1. The van der Waals surface area contributed by atoms with E-state index in [1.54, 1.807) is 6.92 Å². The number of hydrogen-bond acceptors (Lipinski definition) is 3. The van der Waals surface area contributed by atoms with Crippen molar-refractivity contribution in [3.63, 3.8) is 0 Å². The molecule has 1 heterocycles. The number of aryl methyl sites for hydroxylation is 2. The van der Waals surface area contributed by atoms with E-state index < -0.39 is 0 Å². The molecule has 5 nitrogen and oxygen atoms in total. The van der Waals surface area contributed by atoms with Crippen molar-refractivity contribution in [2.75, 3.05) is 6.61 Å². The third-order valence-corrected chi connectivity index (χ3v) is 4.38. The lowest BCUT2D eigenvalue weighted by Gasteiger charge is -2.10. The molecule has 0 aliphatic heterocycles. The number of aliphatic hydroxyl groups excluding tert-OH is 1. The van der Waals surface area contributed by atoms with E-state index in [9.17, 15) is 4.79 Å². The van der Waals surface area contributed by atoms with Crippen LogP contribution < -0.4 is 5.32 Å². The van der Waals surface area contributed by atoms with Gasteiger partial charge in [-0.05, 0) is 51.7 Å². The van der Waals surface area contributed by atoms with Gasteiger partial charge >= 0.3 is 0 Å². The van der Waals surface area contributed by atoms with Gasteiger partial charge in [0.05, 0.1) is 12.3 Å². The summed E-state index contributed by atoms with van der Waals surface area (Å²) in [6.07, 6.45) is 2.88. The molecule has 0 radical (unpaired) electrons. The fourth-order valence-electron chi connectivity index (χ4n) is 3.20. The van der Waals surface area contributed by atoms with Crippen molar-refractivity contribution >= 4 is 5.91 Å². The highest BCUT2D eigenvalue weighted by atomic mass is 16.3. The van der Waals surface area contributed by atoms with Gasteiger partial charge in [-0.2, -0.15) is 5.10 Å². The van der Waals surface area contributed by atoms with Crippen LogP contribution in [0, 0.1) is 13.8 Å². The molecule has 2 N–H and O–H groups in total. The summed E-state index contributed by atoms with van der Waals surface area (Å²) in [5, 5.41) is 16.5. The largest absolute Gasteiger partial charge is 0.394 e. The molecule has 1 aliphatic rings. The van der Waals surface area contributed by atoms with Crippen molar-refractivity contribution in [2.24, 2.45) is 0 Å². The zero-order valence-electron chi connectivity index (χ0n) is 13.9. The molecule has 5 heteroatoms. The SMILES string of the molecule is Cc1ccc(-n2nc(C(=O)NC(C)CO)c3c2CCC3)c(C)c1. The Morgan fingerprint density at radius 3 is 2.87 bits per heavy atom. The lowest BCUT2D eigenvalue weighted by atomic mass is 10.1. The number of carbonyl (C=O) groups is 1. The monoisotopic (exact) mass is 313 g/mol. The van der Waals surface area contributed by atoms with Crippen LogP contribution in [-0.4, -0.2) is 33.4 Å². The van der Waals surface area contributed by atoms with Gasteiger partial charge in [0.2, 0.25) is 0 Å². The summed E-state index contributed by atoms with van der Waals surface area (Å²) in [7, 11) is 0. The molecule has 0 saturated carbocycles. The van der Waals surface area contributed by atoms with Crippen LogP contribution in [0.25, 0.3) is 5.69 Å². The van der Waals surface area contributed by atoms with Crippen LogP contribution in [0.3, 0.4) is 0 Å². The molecule has 1 aromatic carbocycles. The van der Waals surface area contributed by atoms with Gasteiger partial charge in [0, 0.05) is 17.3 Å². The minimum atomic E-state index is -0.272. The van der Waals surface area contributed by atoms with E-state index in [-0.39, 0.29) is 18.6 Å². The second-order valence-electron chi connectivity index (χ2n) is 6.39. The molecule has 1 unspecified atom stereocenters. The van der Waals surface area contributed by atoms with Gasteiger partial charge in [-0.1, -0.05) is 17.7 Å². The van der Waals surface area contributed by atoms with Crippen LogP contribution in [-0.2, 0) is 12.8 Å². The molecule has 2 aromatic rings. The van der Waals surface area contributed by atoms with Gasteiger partial charge in [0.15, 0.2) is 5.69 Å². The van der Waals surface area contributed by atoms with Crippen molar-refractivity contribution in [3.05, 3.63) is 46.3 Å². The highest BCUT2D eigenvalue weighted by Gasteiger charge is 2.27. The van der Waals surface area contributed by atoms with E-state index in [0.29, 0.717) is 5.69 Å². The molecule has 3 rings (SSSR count). The Bertz CT molecular complexity index is 749. The van der Waals surface area contributed by atoms with Gasteiger partial charge in [-0.15, -0.1) is 0 Å². The zero-order valence-corrected chi connectivity index (χ0v) is 13.9. The van der Waals surface area contributed by atoms with Crippen LogP contribution >= 0.6 is 0 Å². The topological polar surface area (TPSA) is 67.2 Å². The maximum atomic E-state index is 12.5. The van der Waals surface area contributed by atoms with Gasteiger partial charge < -0.3 is 10.4 Å². The number of rotatable bonds is 4. The molecule has 122 valence electrons. The second kappa shape index (κ2) is 6.16. The number of nitrogens with zero attached hydrogens (tertiary/aromatic N) is 2. The molecular weight excluding hydrogens is 290 g/mol. The number of nitrogens with one attached hydrogen (secondary N) is 1. The van der Waals surface area contributed by atoms with Gasteiger partial charge in [0.1, 0.15) is 0 Å². The number of hydrogen-bond donors (Lipinski definition) is 2. The number of aromatic nitrogens is 2. The molecule has 0 spiro atoms. The smallest absolute Gasteiger partial charge is 0.272 e. The summed E-state index contributed by atoms with van der Waals surface area (Å²) >= 11 is 0. The Kier molecular flexibility index (Phi) is 4.22. The first kappa shape index (κ1) is 15.7. The Morgan fingerprint density at radius 2 is 2.17 bits per heavy atom. The van der Waals surface area contributed by atoms with E-state index >= 15 is 0 Å². The summed E-state index contributed by atoms with van der Waals surface area (Å²) in [5.41, 5.74) is 6.08. The zero-order chi connectivity index (χ0) is 16.6. The summed E-state index contributed by atoms with van der Waals surface area (Å²) in [6.45, 7) is 5.84. The van der Waals surface area contributed by atoms with E-state index in [4.69, 9.17) is 5.11 Å². The van der Waals surface area contributed by atoms with Crippen LogP contribution in [0.2, 0.25) is 0 Å². The van der Waals surface area contributed by atoms with Gasteiger partial charge in [0.25, 0.3) is 5.91 Å². The lowest BCUT2D eigenvalue weighted by molar-refractivity contribution is 0.0916. The first-order valence-corrected chi connectivity index (χ1v) is 8.11. The maximum Gasteiger partial charge on any atom is 0.272 e. The summed E-state index contributed by atoms with van der Waals surface area (Å²) in [5.74, 6) is -0.201. The van der Waals surface area contributed by atoms with Crippen molar-refractivity contribution in [3.8, 4) is 5.69 Å². The van der Waals surface area contributed by atoms with E-state index in [1.165, 1.54) is 5.56 Å². The molecule has 0 saturated heterocycles. The minimum absolute atomic E-state index is 0.0777. The molecule has 1 aliphatic carbocycles. The highest BCUT2D eigenvalue weighted by molar-refractivity contribution is 5.94. The van der Waals surface area contributed by atoms with Crippen molar-refractivity contribution in [1.29, 1.82) is 0 Å². The molecule has 1 atom stereocenters. The van der Waals surface area contributed by atoms with E-state index in [2.05, 4.69) is 42.5 Å². The number of fused-ring (bicyclic) bond motifs is 1. The Balaban J connectivity index is 2.03. The first-order chi connectivity index (χ1) is 11.0. The minimum Gasteiger partial charge on any atom is -0.394 e. The predicted octanol–water partition coefficient (Wildman–Crippen LogP) is 2.09. The van der Waals surface area contributed by atoms with Crippen molar-refractivity contribution in [2.45, 2.75) is 46.1 Å². The van der Waals surface area contributed by atoms with Crippen molar-refractivity contribution in [1.82, 2.24) is 15.1 Å². The van der Waals surface area contributed by atoms with Gasteiger partial charge in [-0.25, -0.2) is 4.68 Å². The Morgan fingerprint density at radius 1 is 1.39 bits per heavy atom. The summed E-state index contributed by atoms with van der Waals surface area (Å²) < 4.78 is 1.93. The van der Waals surface area contributed by atoms with Crippen LogP contribution in [0.1, 0.15) is 46.2 Å². The standard InChI is InChI=1S/C18H23N3O2/c1-11-7-8-15(12(2)9-11)21-16-6-4-5-14(16)17(20-21)18(23)19-13(3)10-22/h7-9,13,22H,4-6,10H2,1-3H3,(H,19,23). The number of carbonyl (C=O) groups excluding carboxylic acids is 1. The third kappa shape index (κ3) is 2.88. The fourth-order valence-corrected chi connectivity index (χ4v) is 3.20. The molecule has 1 amide bonds. The molecule has 23 heavy (non-hydrogen) atoms. The third-order valence-electron chi connectivity index (χ3n) is 4.38. The quantitative estimate of drug-likeness (QED) is 0.908. The summed E-state index contributed by atoms with van der Waals surface area (Å²) in [4.78, 5) is 12.5. The first-order valence-electron chi connectivity index (χ1n) is 8.11. The summed E-state index contributed by atoms with van der Waals surface area (Å²) in [6, 6.07) is 5.99.